The number of hydrogen-bond acceptors (Lipinski definition) is 6. The minimum absolute atomic E-state index is 0.0249. The fourth-order valence-corrected chi connectivity index (χ4v) is 2.96. The number of esters is 1. The van der Waals surface area contributed by atoms with E-state index in [0.717, 1.165) is 11.4 Å². The predicted molar refractivity (Wildman–Crippen MR) is 103 cm³/mol. The lowest BCUT2D eigenvalue weighted by Crippen LogP contribution is -2.27. The van der Waals surface area contributed by atoms with Gasteiger partial charge < -0.3 is 19.1 Å². The molecule has 0 amide bonds. The third kappa shape index (κ3) is 4.23. The number of benzene rings is 1. The van der Waals surface area contributed by atoms with Crippen molar-refractivity contribution in [2.24, 2.45) is 0 Å². The van der Waals surface area contributed by atoms with Gasteiger partial charge in [-0.1, -0.05) is 6.07 Å². The maximum absolute atomic E-state index is 12.1. The van der Waals surface area contributed by atoms with Crippen molar-refractivity contribution < 1.29 is 19.4 Å². The van der Waals surface area contributed by atoms with Gasteiger partial charge in [0.05, 0.1) is 24.4 Å². The largest absolute Gasteiger partial charge is 0.491 e. The molecule has 0 aliphatic heterocycles. The second-order valence-corrected chi connectivity index (χ2v) is 6.50. The molecule has 3 aromatic rings. The molecule has 0 bridgehead atoms. The summed E-state index contributed by atoms with van der Waals surface area (Å²) in [5, 5.41) is 14.6. The first-order valence-corrected chi connectivity index (χ1v) is 9.04. The average molecular weight is 385 g/mol. The van der Waals surface area contributed by atoms with E-state index in [1.807, 2.05) is 11.5 Å². The first kappa shape index (κ1) is 19.6. The molecule has 0 saturated heterocycles. The number of aryl methyl sites for hydroxylation is 2. The van der Waals surface area contributed by atoms with E-state index in [1.54, 1.807) is 44.2 Å². The van der Waals surface area contributed by atoms with E-state index in [2.05, 4.69) is 5.10 Å². The van der Waals surface area contributed by atoms with Crippen LogP contribution in [0.5, 0.6) is 5.75 Å². The van der Waals surface area contributed by atoms with Gasteiger partial charge in [-0.3, -0.25) is 4.79 Å². The molecule has 2 heterocycles. The van der Waals surface area contributed by atoms with Gasteiger partial charge in [0.2, 0.25) is 0 Å². The molecule has 1 N–H and O–H groups in total. The van der Waals surface area contributed by atoms with Crippen LogP contribution in [0.3, 0.4) is 0 Å². The quantitative estimate of drug-likeness (QED) is 0.623. The summed E-state index contributed by atoms with van der Waals surface area (Å²) in [5.41, 5.74) is 2.24. The van der Waals surface area contributed by atoms with E-state index in [-0.39, 0.29) is 18.7 Å². The molecule has 0 saturated carbocycles. The van der Waals surface area contributed by atoms with Crippen LogP contribution in [0.1, 0.15) is 28.7 Å². The van der Waals surface area contributed by atoms with Crippen molar-refractivity contribution in [2.75, 3.05) is 13.2 Å². The van der Waals surface area contributed by atoms with Crippen LogP contribution in [-0.4, -0.2) is 44.6 Å². The third-order valence-electron chi connectivity index (χ3n) is 4.24. The highest BCUT2D eigenvalue weighted by Gasteiger charge is 2.14. The Morgan fingerprint density at radius 1 is 1.25 bits per heavy atom. The molecule has 2 aromatic heterocycles. The molecule has 1 unspecified atom stereocenters. The number of aromatic nitrogens is 3. The number of hydrogen-bond donors (Lipinski definition) is 1. The van der Waals surface area contributed by atoms with Crippen LogP contribution in [0, 0.1) is 13.8 Å². The predicted octanol–water partition coefficient (Wildman–Crippen LogP) is 1.73. The smallest absolute Gasteiger partial charge is 0.338 e. The molecule has 8 heteroatoms. The molecule has 0 fully saturated rings. The number of carbonyl (C=O) groups excluding carboxylic acids is 1. The summed E-state index contributed by atoms with van der Waals surface area (Å²) in [6.07, 6.45) is -0.827. The molecule has 1 aromatic carbocycles. The van der Waals surface area contributed by atoms with E-state index in [1.165, 1.54) is 10.6 Å². The summed E-state index contributed by atoms with van der Waals surface area (Å²) in [6.45, 7) is 5.91. The monoisotopic (exact) mass is 385 g/mol. The zero-order valence-electron chi connectivity index (χ0n) is 16.1. The zero-order valence-corrected chi connectivity index (χ0v) is 16.1. The number of carbonyl (C=O) groups is 1. The van der Waals surface area contributed by atoms with E-state index in [0.29, 0.717) is 23.6 Å². The number of rotatable bonds is 7. The van der Waals surface area contributed by atoms with Gasteiger partial charge in [-0.25, -0.2) is 4.79 Å². The summed E-state index contributed by atoms with van der Waals surface area (Å²) in [6, 6.07) is 9.90. The second kappa shape index (κ2) is 8.26. The number of fused-ring (bicyclic) bond motifs is 1. The summed E-state index contributed by atoms with van der Waals surface area (Å²) < 4.78 is 13.7. The highest BCUT2D eigenvalue weighted by atomic mass is 16.5. The fourth-order valence-electron chi connectivity index (χ4n) is 2.96. The molecule has 0 aliphatic carbocycles. The van der Waals surface area contributed by atoms with Gasteiger partial charge in [0.1, 0.15) is 24.1 Å². The minimum Gasteiger partial charge on any atom is -0.491 e. The molecule has 148 valence electrons. The molecule has 8 nitrogen and oxygen atoms in total. The molecule has 0 aliphatic rings. The average Bonchev–Trinajstić information content (AvgIpc) is 3.06. The second-order valence-electron chi connectivity index (χ2n) is 6.50. The number of nitrogens with zero attached hydrogens (tertiary/aromatic N) is 3. The lowest BCUT2D eigenvalue weighted by molar-refractivity contribution is 0.0525. The Kier molecular flexibility index (Phi) is 5.79. The highest BCUT2D eigenvalue weighted by Crippen LogP contribution is 2.15. The van der Waals surface area contributed by atoms with Crippen molar-refractivity contribution in [1.29, 1.82) is 0 Å². The van der Waals surface area contributed by atoms with E-state index in [9.17, 15) is 14.7 Å². The first-order chi connectivity index (χ1) is 13.4. The van der Waals surface area contributed by atoms with Gasteiger partial charge in [-0.2, -0.15) is 9.61 Å². The van der Waals surface area contributed by atoms with Crippen molar-refractivity contribution in [3.05, 3.63) is 63.7 Å². The Hall–Kier alpha value is -3.13. The Morgan fingerprint density at radius 2 is 2.04 bits per heavy atom. The maximum Gasteiger partial charge on any atom is 0.338 e. The van der Waals surface area contributed by atoms with Crippen molar-refractivity contribution in [1.82, 2.24) is 14.2 Å². The summed E-state index contributed by atoms with van der Waals surface area (Å²) in [7, 11) is 0. The molecule has 1 atom stereocenters. The standard InChI is InChI=1S/C20H23N3O5/c1-4-27-20(26)15-6-5-7-17(10-15)28-12-16(24)11-22-14(3)9-19(25)23-18(22)8-13(2)21-23/h5-10,16,24H,4,11-12H2,1-3H3. The van der Waals surface area contributed by atoms with Crippen molar-refractivity contribution in [3.63, 3.8) is 0 Å². The maximum atomic E-state index is 12.1. The fraction of sp³-hybridized carbons (Fsp3) is 0.350. The van der Waals surface area contributed by atoms with Gasteiger partial charge in [-0.05, 0) is 39.0 Å². The van der Waals surface area contributed by atoms with Crippen LogP contribution in [0.15, 0.2) is 41.2 Å². The molecule has 28 heavy (non-hydrogen) atoms. The molecular formula is C20H23N3O5. The lowest BCUT2D eigenvalue weighted by Gasteiger charge is -2.17. The van der Waals surface area contributed by atoms with Crippen LogP contribution in [0.2, 0.25) is 0 Å². The first-order valence-electron chi connectivity index (χ1n) is 9.04. The van der Waals surface area contributed by atoms with Crippen LogP contribution in [0.25, 0.3) is 5.65 Å². The van der Waals surface area contributed by atoms with Gasteiger partial charge in [0.25, 0.3) is 5.56 Å². The topological polar surface area (TPSA) is 95.1 Å². The Balaban J connectivity index is 1.71. The normalized spacial score (nSPS) is 12.1. The van der Waals surface area contributed by atoms with Crippen LogP contribution >= 0.6 is 0 Å². The Bertz CT molecular complexity index is 1050. The third-order valence-corrected chi connectivity index (χ3v) is 4.24. The lowest BCUT2D eigenvalue weighted by atomic mass is 10.2. The number of ether oxygens (including phenoxy) is 2. The van der Waals surface area contributed by atoms with Crippen molar-refractivity contribution in [2.45, 2.75) is 33.4 Å². The van der Waals surface area contributed by atoms with E-state index < -0.39 is 12.1 Å². The summed E-state index contributed by atoms with van der Waals surface area (Å²) >= 11 is 0. The molecular weight excluding hydrogens is 362 g/mol. The van der Waals surface area contributed by atoms with Gasteiger partial charge in [-0.15, -0.1) is 0 Å². The molecule has 0 spiro atoms. The Labute approximate surface area is 161 Å². The minimum atomic E-state index is -0.827. The van der Waals surface area contributed by atoms with Gasteiger partial charge >= 0.3 is 5.97 Å². The SMILES string of the molecule is CCOC(=O)c1cccc(OCC(O)Cn2c(C)cc(=O)n3nc(C)cc23)c1. The van der Waals surface area contributed by atoms with Gasteiger partial charge in [0, 0.05) is 17.8 Å². The number of aliphatic hydroxyl groups excluding tert-OH is 1. The van der Waals surface area contributed by atoms with Crippen molar-refractivity contribution in [3.8, 4) is 5.75 Å². The number of aliphatic hydroxyl groups is 1. The highest BCUT2D eigenvalue weighted by molar-refractivity contribution is 5.89. The van der Waals surface area contributed by atoms with E-state index >= 15 is 0 Å². The Morgan fingerprint density at radius 3 is 2.79 bits per heavy atom. The summed E-state index contributed by atoms with van der Waals surface area (Å²) in [4.78, 5) is 23.9. The summed E-state index contributed by atoms with van der Waals surface area (Å²) in [5.74, 6) is 0.0439. The molecule has 3 rings (SSSR count). The van der Waals surface area contributed by atoms with Crippen LogP contribution in [-0.2, 0) is 11.3 Å². The molecule has 0 radical (unpaired) electrons. The van der Waals surface area contributed by atoms with E-state index in [4.69, 9.17) is 9.47 Å². The zero-order chi connectivity index (χ0) is 20.3. The van der Waals surface area contributed by atoms with Crippen LogP contribution in [0.4, 0.5) is 0 Å². The van der Waals surface area contributed by atoms with Crippen molar-refractivity contribution >= 4 is 11.6 Å². The van der Waals surface area contributed by atoms with Gasteiger partial charge in [0.15, 0.2) is 0 Å². The van der Waals surface area contributed by atoms with Crippen LogP contribution < -0.4 is 10.3 Å².